The quantitative estimate of drug-likeness (QED) is 0.724. The van der Waals surface area contributed by atoms with Gasteiger partial charge in [0.1, 0.15) is 0 Å². The van der Waals surface area contributed by atoms with Gasteiger partial charge in [0.05, 0.1) is 19.3 Å². The maximum Gasteiger partial charge on any atom is 0.222 e. The molecule has 3 atom stereocenters. The van der Waals surface area contributed by atoms with E-state index in [0.29, 0.717) is 25.3 Å². The Hall–Kier alpha value is -1.57. The number of piperidine rings is 1. The SMILES string of the molecule is O=C(CCOCC1CCCO1)NC1CNCCC1c1ccc(F)c(F)c1. The number of amides is 1. The van der Waals surface area contributed by atoms with Crippen molar-refractivity contribution in [1.29, 1.82) is 0 Å². The second-order valence-corrected chi connectivity index (χ2v) is 6.91. The minimum atomic E-state index is -0.855. The molecule has 2 fully saturated rings. The van der Waals surface area contributed by atoms with E-state index >= 15 is 0 Å². The van der Waals surface area contributed by atoms with Crippen LogP contribution in [0.1, 0.15) is 37.2 Å². The van der Waals surface area contributed by atoms with Gasteiger partial charge in [0.15, 0.2) is 11.6 Å². The van der Waals surface area contributed by atoms with Gasteiger partial charge >= 0.3 is 0 Å². The van der Waals surface area contributed by atoms with E-state index in [1.807, 2.05) is 0 Å². The molecule has 0 bridgehead atoms. The van der Waals surface area contributed by atoms with Crippen molar-refractivity contribution in [3.63, 3.8) is 0 Å². The summed E-state index contributed by atoms with van der Waals surface area (Å²) in [6.45, 7) is 3.04. The van der Waals surface area contributed by atoms with Gasteiger partial charge < -0.3 is 20.1 Å². The lowest BCUT2D eigenvalue weighted by molar-refractivity contribution is -0.123. The van der Waals surface area contributed by atoms with E-state index < -0.39 is 11.6 Å². The number of ether oxygens (including phenoxy) is 2. The van der Waals surface area contributed by atoms with Crippen LogP contribution in [0, 0.1) is 11.6 Å². The molecular weight excluding hydrogens is 342 g/mol. The van der Waals surface area contributed by atoms with Crippen molar-refractivity contribution in [2.24, 2.45) is 0 Å². The van der Waals surface area contributed by atoms with Crippen LogP contribution in [0.25, 0.3) is 0 Å². The molecule has 0 spiro atoms. The molecule has 2 saturated heterocycles. The van der Waals surface area contributed by atoms with E-state index in [4.69, 9.17) is 9.47 Å². The van der Waals surface area contributed by atoms with Crippen molar-refractivity contribution < 1.29 is 23.0 Å². The van der Waals surface area contributed by atoms with Gasteiger partial charge in [-0.1, -0.05) is 6.07 Å². The van der Waals surface area contributed by atoms with E-state index in [1.54, 1.807) is 6.07 Å². The van der Waals surface area contributed by atoms with Gasteiger partial charge in [-0.15, -0.1) is 0 Å². The highest BCUT2D eigenvalue weighted by atomic mass is 19.2. The van der Waals surface area contributed by atoms with Crippen LogP contribution in [0.5, 0.6) is 0 Å². The van der Waals surface area contributed by atoms with E-state index in [2.05, 4.69) is 10.6 Å². The zero-order valence-electron chi connectivity index (χ0n) is 14.8. The summed E-state index contributed by atoms with van der Waals surface area (Å²) in [4.78, 5) is 12.2. The molecule has 2 aliphatic heterocycles. The van der Waals surface area contributed by atoms with Gasteiger partial charge in [-0.25, -0.2) is 8.78 Å². The lowest BCUT2D eigenvalue weighted by Gasteiger charge is -2.33. The van der Waals surface area contributed by atoms with Gasteiger partial charge in [0, 0.05) is 31.5 Å². The van der Waals surface area contributed by atoms with Crippen LogP contribution in [-0.2, 0) is 14.3 Å². The number of nitrogens with one attached hydrogen (secondary N) is 2. The Balaban J connectivity index is 1.47. The van der Waals surface area contributed by atoms with Crippen molar-refractivity contribution in [1.82, 2.24) is 10.6 Å². The Morgan fingerprint density at radius 2 is 2.19 bits per heavy atom. The van der Waals surface area contributed by atoms with Gasteiger partial charge in [-0.3, -0.25) is 4.79 Å². The largest absolute Gasteiger partial charge is 0.378 e. The zero-order valence-corrected chi connectivity index (χ0v) is 14.8. The first-order valence-corrected chi connectivity index (χ1v) is 9.28. The first kappa shape index (κ1) is 19.2. The number of halogens is 2. The fourth-order valence-electron chi connectivity index (χ4n) is 3.59. The number of hydrogen-bond acceptors (Lipinski definition) is 4. The number of rotatable bonds is 7. The molecule has 2 N–H and O–H groups in total. The molecule has 2 aliphatic rings. The Morgan fingerprint density at radius 3 is 2.96 bits per heavy atom. The highest BCUT2D eigenvalue weighted by molar-refractivity contribution is 5.76. The van der Waals surface area contributed by atoms with Crippen molar-refractivity contribution >= 4 is 5.91 Å². The molecule has 5 nitrogen and oxygen atoms in total. The van der Waals surface area contributed by atoms with Crippen molar-refractivity contribution in [3.8, 4) is 0 Å². The third kappa shape index (κ3) is 5.22. The Bertz CT molecular complexity index is 608. The van der Waals surface area contributed by atoms with Crippen molar-refractivity contribution in [2.75, 3.05) is 32.9 Å². The monoisotopic (exact) mass is 368 g/mol. The Labute approximate surface area is 152 Å². The highest BCUT2D eigenvalue weighted by Gasteiger charge is 2.28. The molecule has 0 saturated carbocycles. The molecule has 7 heteroatoms. The summed E-state index contributed by atoms with van der Waals surface area (Å²) in [6.07, 6.45) is 3.25. The molecule has 1 aromatic rings. The summed E-state index contributed by atoms with van der Waals surface area (Å²) in [6, 6.07) is 3.82. The number of benzene rings is 1. The van der Waals surface area contributed by atoms with Crippen molar-refractivity contribution in [3.05, 3.63) is 35.4 Å². The molecule has 0 radical (unpaired) electrons. The summed E-state index contributed by atoms with van der Waals surface area (Å²) in [7, 11) is 0. The predicted octanol–water partition coefficient (Wildman–Crippen LogP) is 2.11. The smallest absolute Gasteiger partial charge is 0.222 e. The lowest BCUT2D eigenvalue weighted by Crippen LogP contribution is -2.50. The van der Waals surface area contributed by atoms with Gasteiger partial charge in [0.2, 0.25) is 5.91 Å². The maximum atomic E-state index is 13.6. The summed E-state index contributed by atoms with van der Waals surface area (Å²) in [5.41, 5.74) is 0.713. The summed E-state index contributed by atoms with van der Waals surface area (Å²) in [5.74, 6) is -1.85. The highest BCUT2D eigenvalue weighted by Crippen LogP contribution is 2.27. The zero-order chi connectivity index (χ0) is 18.4. The molecule has 1 aromatic carbocycles. The van der Waals surface area contributed by atoms with Gasteiger partial charge in [0.25, 0.3) is 0 Å². The fraction of sp³-hybridized carbons (Fsp3) is 0.632. The second kappa shape index (κ2) is 9.39. The predicted molar refractivity (Wildman–Crippen MR) is 92.9 cm³/mol. The van der Waals surface area contributed by atoms with Crippen LogP contribution in [0.2, 0.25) is 0 Å². The Morgan fingerprint density at radius 1 is 1.31 bits per heavy atom. The molecule has 144 valence electrons. The van der Waals surface area contributed by atoms with Crippen molar-refractivity contribution in [2.45, 2.75) is 43.7 Å². The first-order valence-electron chi connectivity index (χ1n) is 9.28. The lowest BCUT2D eigenvalue weighted by atomic mass is 9.86. The minimum Gasteiger partial charge on any atom is -0.378 e. The molecule has 2 heterocycles. The second-order valence-electron chi connectivity index (χ2n) is 6.91. The number of hydrogen-bond donors (Lipinski definition) is 2. The van der Waals surface area contributed by atoms with Crippen LogP contribution in [0.4, 0.5) is 8.78 Å². The van der Waals surface area contributed by atoms with Crippen LogP contribution >= 0.6 is 0 Å². The first-order chi connectivity index (χ1) is 12.6. The third-order valence-corrected chi connectivity index (χ3v) is 5.00. The number of carbonyl (C=O) groups excluding carboxylic acids is 1. The van der Waals surface area contributed by atoms with E-state index in [-0.39, 0.29) is 30.4 Å². The van der Waals surface area contributed by atoms with E-state index in [0.717, 1.165) is 38.5 Å². The summed E-state index contributed by atoms with van der Waals surface area (Å²) < 4.78 is 37.7. The van der Waals surface area contributed by atoms with Crippen LogP contribution in [0.15, 0.2) is 18.2 Å². The fourth-order valence-corrected chi connectivity index (χ4v) is 3.59. The third-order valence-electron chi connectivity index (χ3n) is 5.00. The summed E-state index contributed by atoms with van der Waals surface area (Å²) in [5, 5.41) is 6.24. The molecule has 1 amide bonds. The topological polar surface area (TPSA) is 59.6 Å². The molecular formula is C19H26F2N2O3. The van der Waals surface area contributed by atoms with Gasteiger partial charge in [-0.05, 0) is 43.5 Å². The molecule has 0 aliphatic carbocycles. The van der Waals surface area contributed by atoms with Crippen LogP contribution < -0.4 is 10.6 Å². The minimum absolute atomic E-state index is 0.0388. The summed E-state index contributed by atoms with van der Waals surface area (Å²) >= 11 is 0. The maximum absolute atomic E-state index is 13.6. The molecule has 3 unspecified atom stereocenters. The van der Waals surface area contributed by atoms with Gasteiger partial charge in [-0.2, -0.15) is 0 Å². The Kier molecular flexibility index (Phi) is 6.93. The normalized spacial score (nSPS) is 26.0. The van der Waals surface area contributed by atoms with E-state index in [9.17, 15) is 13.6 Å². The average molecular weight is 368 g/mol. The average Bonchev–Trinajstić information content (AvgIpc) is 3.15. The molecule has 26 heavy (non-hydrogen) atoms. The van der Waals surface area contributed by atoms with Crippen LogP contribution in [0.3, 0.4) is 0 Å². The van der Waals surface area contributed by atoms with E-state index in [1.165, 1.54) is 6.07 Å². The number of carbonyl (C=O) groups is 1. The molecule has 3 rings (SSSR count). The van der Waals surface area contributed by atoms with Crippen LogP contribution in [-0.4, -0.2) is 51.0 Å². The molecule has 0 aromatic heterocycles. The standard InChI is InChI=1S/C19H26F2N2O3/c20-16-4-3-13(10-17(16)21)15-5-7-22-11-18(15)23-19(24)6-9-25-12-14-2-1-8-26-14/h3-4,10,14-15,18,22H,1-2,5-9,11-12H2,(H,23,24).